The van der Waals surface area contributed by atoms with Gasteiger partial charge in [-0.05, 0) is 60.4 Å². The Labute approximate surface area is 147 Å². The molecule has 3 aromatic rings. The van der Waals surface area contributed by atoms with Crippen LogP contribution in [0.5, 0.6) is 0 Å². The molecule has 0 bridgehead atoms. The highest BCUT2D eigenvalue weighted by Crippen LogP contribution is 2.52. The Morgan fingerprint density at radius 3 is 2.20 bits per heavy atom. The molecule has 0 saturated heterocycles. The molecule has 1 unspecified atom stereocenters. The topological polar surface area (TPSA) is 30.0 Å². The molecule has 0 aliphatic heterocycles. The summed E-state index contributed by atoms with van der Waals surface area (Å²) in [5, 5.41) is 0. The van der Waals surface area contributed by atoms with Gasteiger partial charge in [-0.25, -0.2) is 8.78 Å². The third-order valence-corrected chi connectivity index (χ3v) is 6.63. The minimum absolute atomic E-state index is 0.328. The lowest BCUT2D eigenvalue weighted by atomic mass is 10.1. The molecule has 0 N–H and O–H groups in total. The van der Waals surface area contributed by atoms with E-state index >= 15 is 0 Å². The molecule has 126 valence electrons. The van der Waals surface area contributed by atoms with Gasteiger partial charge in [0.25, 0.3) is 0 Å². The summed E-state index contributed by atoms with van der Waals surface area (Å²) in [4.78, 5) is 4.73. The summed E-state index contributed by atoms with van der Waals surface area (Å²) in [5.41, 5.74) is 2.00. The summed E-state index contributed by atoms with van der Waals surface area (Å²) in [7, 11) is -1.19. The van der Waals surface area contributed by atoms with Gasteiger partial charge in [-0.3, -0.25) is 9.19 Å². The van der Waals surface area contributed by atoms with E-state index in [0.717, 1.165) is 24.5 Å². The van der Waals surface area contributed by atoms with Crippen LogP contribution in [0.3, 0.4) is 0 Å². The Balaban J connectivity index is 1.63. The van der Waals surface area contributed by atoms with Crippen LogP contribution in [0.25, 0.3) is 11.1 Å². The summed E-state index contributed by atoms with van der Waals surface area (Å²) in [5.74, 6) is -1.21. The molecule has 1 aliphatic carbocycles. The van der Waals surface area contributed by atoms with Crippen LogP contribution >= 0.6 is 0 Å². The summed E-state index contributed by atoms with van der Waals surface area (Å²) < 4.78 is 39.7. The van der Waals surface area contributed by atoms with Gasteiger partial charge in [-0.2, -0.15) is 0 Å². The molecule has 1 atom stereocenters. The van der Waals surface area contributed by atoms with Crippen LogP contribution in [-0.4, -0.2) is 9.19 Å². The molecular weight excluding hydrogens is 340 g/mol. The van der Waals surface area contributed by atoms with Crippen LogP contribution in [0, 0.1) is 11.6 Å². The fraction of sp³-hybridized carbons (Fsp3) is 0.150. The van der Waals surface area contributed by atoms with Crippen molar-refractivity contribution in [2.75, 3.05) is 0 Å². The lowest BCUT2D eigenvalue weighted by Gasteiger charge is -2.15. The average molecular weight is 355 g/mol. The van der Waals surface area contributed by atoms with Crippen LogP contribution in [0.1, 0.15) is 18.4 Å². The van der Waals surface area contributed by atoms with Gasteiger partial charge in [-0.1, -0.05) is 12.1 Å². The molecule has 25 heavy (non-hydrogen) atoms. The maximum atomic E-state index is 13.9. The molecule has 1 heterocycles. The number of hydrogen-bond donors (Lipinski definition) is 0. The smallest absolute Gasteiger partial charge is 0.133 e. The molecule has 4 rings (SSSR count). The van der Waals surface area contributed by atoms with Gasteiger partial charge in [0.2, 0.25) is 0 Å². The largest absolute Gasteiger partial charge is 0.265 e. The number of hydrogen-bond acceptors (Lipinski definition) is 2. The van der Waals surface area contributed by atoms with Gasteiger partial charge in [0.05, 0.1) is 15.5 Å². The van der Waals surface area contributed by atoms with Crippen molar-refractivity contribution in [3.63, 3.8) is 0 Å². The first-order valence-electron chi connectivity index (χ1n) is 7.98. The molecular formula is C20H15F2NOS. The molecule has 2 aromatic carbocycles. The minimum Gasteiger partial charge on any atom is -0.265 e. The van der Waals surface area contributed by atoms with Gasteiger partial charge in [0, 0.05) is 28.9 Å². The Morgan fingerprint density at radius 1 is 0.920 bits per heavy atom. The number of rotatable bonds is 4. The predicted octanol–water partition coefficient (Wildman–Crippen LogP) is 4.82. The van der Waals surface area contributed by atoms with E-state index < -0.39 is 22.4 Å². The van der Waals surface area contributed by atoms with E-state index in [4.69, 9.17) is 0 Å². The number of pyridine rings is 1. The fourth-order valence-electron chi connectivity index (χ4n) is 3.06. The highest BCUT2D eigenvalue weighted by Gasteiger charge is 2.50. The van der Waals surface area contributed by atoms with E-state index in [2.05, 4.69) is 4.98 Å². The number of nitrogens with zero attached hydrogens (tertiary/aromatic N) is 1. The number of benzene rings is 2. The molecule has 0 spiro atoms. The first kappa shape index (κ1) is 16.1. The van der Waals surface area contributed by atoms with Gasteiger partial charge in [0.15, 0.2) is 0 Å². The van der Waals surface area contributed by atoms with E-state index in [-0.39, 0.29) is 4.75 Å². The predicted molar refractivity (Wildman–Crippen MR) is 93.4 cm³/mol. The van der Waals surface area contributed by atoms with E-state index in [9.17, 15) is 13.0 Å². The van der Waals surface area contributed by atoms with Crippen molar-refractivity contribution < 1.29 is 13.0 Å². The van der Waals surface area contributed by atoms with Gasteiger partial charge in [0.1, 0.15) is 11.6 Å². The summed E-state index contributed by atoms with van der Waals surface area (Å²) >= 11 is 0. The average Bonchev–Trinajstić information content (AvgIpc) is 3.44. The molecule has 2 nitrogen and oxygen atoms in total. The molecule has 5 heteroatoms. The zero-order valence-electron chi connectivity index (χ0n) is 13.3. The van der Waals surface area contributed by atoms with Crippen LogP contribution in [0.4, 0.5) is 8.78 Å². The fourth-order valence-corrected chi connectivity index (χ4v) is 4.72. The molecule has 0 amide bonds. The van der Waals surface area contributed by atoms with Crippen LogP contribution < -0.4 is 0 Å². The second kappa shape index (κ2) is 6.15. The normalized spacial score (nSPS) is 16.4. The highest BCUT2D eigenvalue weighted by molar-refractivity contribution is 7.86. The zero-order valence-corrected chi connectivity index (χ0v) is 14.1. The van der Waals surface area contributed by atoms with Crippen molar-refractivity contribution in [3.05, 3.63) is 84.2 Å². The van der Waals surface area contributed by atoms with Crippen molar-refractivity contribution in [1.82, 2.24) is 4.98 Å². The van der Waals surface area contributed by atoms with E-state index in [1.807, 2.05) is 12.1 Å². The van der Waals surface area contributed by atoms with Gasteiger partial charge in [-0.15, -0.1) is 0 Å². The van der Waals surface area contributed by atoms with Crippen molar-refractivity contribution in [1.29, 1.82) is 0 Å². The Bertz CT molecular complexity index is 938. The summed E-state index contributed by atoms with van der Waals surface area (Å²) in [6.07, 6.45) is 5.18. The Morgan fingerprint density at radius 2 is 1.60 bits per heavy atom. The van der Waals surface area contributed by atoms with Crippen molar-refractivity contribution >= 4 is 10.8 Å². The zero-order chi connectivity index (χ0) is 17.4. The second-order valence-corrected chi connectivity index (χ2v) is 7.94. The second-order valence-electron chi connectivity index (χ2n) is 6.15. The molecule has 0 radical (unpaired) electrons. The van der Waals surface area contributed by atoms with Crippen LogP contribution in [0.2, 0.25) is 0 Å². The standard InChI is InChI=1S/C20H15F2NOS/c21-16-3-6-18(19(22)13-16)14-1-4-17(5-2-14)25(24)20(9-10-20)15-7-11-23-12-8-15/h1-8,11-13H,9-10H2. The quantitative estimate of drug-likeness (QED) is 0.671. The van der Waals surface area contributed by atoms with Crippen LogP contribution in [-0.2, 0) is 15.5 Å². The van der Waals surface area contributed by atoms with Crippen molar-refractivity contribution in [2.24, 2.45) is 0 Å². The van der Waals surface area contributed by atoms with Crippen molar-refractivity contribution in [3.8, 4) is 11.1 Å². The van der Waals surface area contributed by atoms with Gasteiger partial charge < -0.3 is 0 Å². The van der Waals surface area contributed by atoms with E-state index in [0.29, 0.717) is 16.0 Å². The lowest BCUT2D eigenvalue weighted by Crippen LogP contribution is -2.14. The maximum absolute atomic E-state index is 13.9. The number of halogens is 2. The van der Waals surface area contributed by atoms with Crippen LogP contribution in [0.15, 0.2) is 71.9 Å². The lowest BCUT2D eigenvalue weighted by molar-refractivity contribution is 0.585. The summed E-state index contributed by atoms with van der Waals surface area (Å²) in [6.45, 7) is 0. The van der Waals surface area contributed by atoms with Gasteiger partial charge >= 0.3 is 0 Å². The third-order valence-electron chi connectivity index (χ3n) is 4.58. The monoisotopic (exact) mass is 355 g/mol. The molecule has 1 aromatic heterocycles. The maximum Gasteiger partial charge on any atom is 0.133 e. The Kier molecular flexibility index (Phi) is 3.96. The third kappa shape index (κ3) is 2.89. The molecule has 1 saturated carbocycles. The summed E-state index contributed by atoms with van der Waals surface area (Å²) in [6, 6.07) is 14.3. The molecule has 1 fully saturated rings. The van der Waals surface area contributed by atoms with E-state index in [1.54, 1.807) is 36.7 Å². The number of aromatic nitrogens is 1. The first-order valence-corrected chi connectivity index (χ1v) is 9.13. The SMILES string of the molecule is O=S(c1ccc(-c2ccc(F)cc2F)cc1)C1(c2ccncc2)CC1. The first-order chi connectivity index (χ1) is 12.1. The molecule has 1 aliphatic rings. The Hall–Kier alpha value is -2.40. The highest BCUT2D eigenvalue weighted by atomic mass is 32.2. The van der Waals surface area contributed by atoms with Crippen molar-refractivity contribution in [2.45, 2.75) is 22.5 Å². The van der Waals surface area contributed by atoms with E-state index in [1.165, 1.54) is 12.1 Å². The minimum atomic E-state index is -1.19.